The second-order valence-corrected chi connectivity index (χ2v) is 10.3. The van der Waals surface area contributed by atoms with Gasteiger partial charge in [0.15, 0.2) is 0 Å². The van der Waals surface area contributed by atoms with Crippen molar-refractivity contribution in [3.8, 4) is 11.5 Å². The Bertz CT molecular complexity index is 1230. The Morgan fingerprint density at radius 2 is 1.69 bits per heavy atom. The van der Waals surface area contributed by atoms with Crippen LogP contribution in [-0.4, -0.2) is 45.9 Å². The van der Waals surface area contributed by atoms with E-state index in [4.69, 9.17) is 21.1 Å². The summed E-state index contributed by atoms with van der Waals surface area (Å²) >= 11 is 6.18. The molecule has 186 valence electrons. The number of nitrogens with one attached hydrogen (secondary N) is 1. The van der Waals surface area contributed by atoms with Crippen molar-refractivity contribution >= 4 is 27.5 Å². The van der Waals surface area contributed by atoms with Crippen molar-refractivity contribution in [3.05, 3.63) is 88.9 Å². The van der Waals surface area contributed by atoms with Crippen molar-refractivity contribution in [1.29, 1.82) is 0 Å². The van der Waals surface area contributed by atoms with E-state index in [0.29, 0.717) is 17.9 Å². The van der Waals surface area contributed by atoms with Gasteiger partial charge >= 0.3 is 0 Å². The summed E-state index contributed by atoms with van der Waals surface area (Å²) in [6.07, 6.45) is 0.450. The Hall–Kier alpha value is -3.07. The van der Waals surface area contributed by atoms with Gasteiger partial charge < -0.3 is 14.8 Å². The highest BCUT2D eigenvalue weighted by atomic mass is 35.5. The fourth-order valence-electron chi connectivity index (χ4n) is 3.56. The minimum atomic E-state index is -4.01. The monoisotopic (exact) mass is 516 g/mol. The average Bonchev–Trinajstić information content (AvgIpc) is 2.86. The number of carbonyl (C=O) groups excluding carboxylic acids is 1. The number of rotatable bonds is 11. The number of benzene rings is 3. The Morgan fingerprint density at radius 1 is 1.00 bits per heavy atom. The SMILES string of the molecule is COc1ccc([C@@H](C)NC(=O)CN(CCc2ccccc2)S(=O)(=O)c2ccc(OC)c(Cl)c2)cc1. The van der Waals surface area contributed by atoms with Gasteiger partial charge in [0.25, 0.3) is 0 Å². The molecule has 0 bridgehead atoms. The first-order valence-corrected chi connectivity index (χ1v) is 12.9. The highest BCUT2D eigenvalue weighted by molar-refractivity contribution is 7.89. The smallest absolute Gasteiger partial charge is 0.243 e. The summed E-state index contributed by atoms with van der Waals surface area (Å²) in [5, 5.41) is 3.06. The van der Waals surface area contributed by atoms with Crippen molar-refractivity contribution in [2.24, 2.45) is 0 Å². The third-order valence-electron chi connectivity index (χ3n) is 5.57. The van der Waals surface area contributed by atoms with E-state index < -0.39 is 15.9 Å². The molecule has 0 heterocycles. The van der Waals surface area contributed by atoms with E-state index >= 15 is 0 Å². The van der Waals surface area contributed by atoms with Crippen LogP contribution in [0, 0.1) is 0 Å². The zero-order chi connectivity index (χ0) is 25.4. The summed E-state index contributed by atoms with van der Waals surface area (Å²) in [5.41, 5.74) is 1.84. The summed E-state index contributed by atoms with van der Waals surface area (Å²) in [4.78, 5) is 12.9. The molecule has 3 aromatic rings. The number of hydrogen-bond acceptors (Lipinski definition) is 5. The third kappa shape index (κ3) is 6.97. The number of methoxy groups -OCH3 is 2. The van der Waals surface area contributed by atoms with Gasteiger partial charge in [-0.25, -0.2) is 8.42 Å². The van der Waals surface area contributed by atoms with Crippen LogP contribution < -0.4 is 14.8 Å². The second kappa shape index (κ2) is 12.1. The zero-order valence-corrected chi connectivity index (χ0v) is 21.5. The van der Waals surface area contributed by atoms with Crippen LogP contribution in [0.5, 0.6) is 11.5 Å². The highest BCUT2D eigenvalue weighted by Crippen LogP contribution is 2.28. The Morgan fingerprint density at radius 3 is 2.29 bits per heavy atom. The average molecular weight is 517 g/mol. The molecule has 0 aliphatic rings. The fourth-order valence-corrected chi connectivity index (χ4v) is 5.31. The maximum atomic E-state index is 13.5. The molecular weight excluding hydrogens is 488 g/mol. The molecule has 0 unspecified atom stereocenters. The van der Waals surface area contributed by atoms with Gasteiger partial charge in [-0.15, -0.1) is 0 Å². The molecular formula is C26H29ClN2O5S. The van der Waals surface area contributed by atoms with Crippen LogP contribution in [0.15, 0.2) is 77.7 Å². The number of ether oxygens (including phenoxy) is 2. The highest BCUT2D eigenvalue weighted by Gasteiger charge is 2.28. The molecule has 3 aromatic carbocycles. The zero-order valence-electron chi connectivity index (χ0n) is 19.9. The van der Waals surface area contributed by atoms with Crippen LogP contribution in [0.4, 0.5) is 0 Å². The summed E-state index contributed by atoms with van der Waals surface area (Å²) in [6, 6.07) is 20.8. The van der Waals surface area contributed by atoms with Gasteiger partial charge in [0.1, 0.15) is 11.5 Å². The molecule has 7 nitrogen and oxygen atoms in total. The van der Waals surface area contributed by atoms with Crippen molar-refractivity contribution in [3.63, 3.8) is 0 Å². The summed E-state index contributed by atoms with van der Waals surface area (Å²) < 4.78 is 38.5. The van der Waals surface area contributed by atoms with Gasteiger partial charge in [0.2, 0.25) is 15.9 Å². The molecule has 0 saturated carbocycles. The van der Waals surface area contributed by atoms with E-state index in [0.717, 1.165) is 11.1 Å². The molecule has 9 heteroatoms. The van der Waals surface area contributed by atoms with Crippen molar-refractivity contribution in [2.75, 3.05) is 27.3 Å². The van der Waals surface area contributed by atoms with Gasteiger partial charge in [-0.3, -0.25) is 4.79 Å². The summed E-state index contributed by atoms with van der Waals surface area (Å²) in [5.74, 6) is 0.667. The lowest BCUT2D eigenvalue weighted by Gasteiger charge is -2.23. The van der Waals surface area contributed by atoms with E-state index in [1.54, 1.807) is 7.11 Å². The van der Waals surface area contributed by atoms with E-state index in [1.807, 2.05) is 61.5 Å². The maximum Gasteiger partial charge on any atom is 0.243 e. The molecule has 0 fully saturated rings. The normalized spacial score (nSPS) is 12.3. The number of hydrogen-bond donors (Lipinski definition) is 1. The van der Waals surface area contributed by atoms with Crippen LogP contribution in [0.2, 0.25) is 5.02 Å². The van der Waals surface area contributed by atoms with Crippen LogP contribution in [0.25, 0.3) is 0 Å². The first-order chi connectivity index (χ1) is 16.7. The van der Waals surface area contributed by atoms with E-state index in [9.17, 15) is 13.2 Å². The van der Waals surface area contributed by atoms with Crippen LogP contribution in [-0.2, 0) is 21.2 Å². The topological polar surface area (TPSA) is 84.9 Å². The largest absolute Gasteiger partial charge is 0.497 e. The summed E-state index contributed by atoms with van der Waals surface area (Å²) in [6.45, 7) is 1.63. The number of nitrogens with zero attached hydrogens (tertiary/aromatic N) is 1. The molecule has 1 N–H and O–H groups in total. The Balaban J connectivity index is 1.80. The molecule has 1 amide bonds. The molecule has 1 atom stereocenters. The molecule has 0 aromatic heterocycles. The van der Waals surface area contributed by atoms with Crippen molar-refractivity contribution in [1.82, 2.24) is 9.62 Å². The molecule has 0 radical (unpaired) electrons. The Labute approximate surface area is 211 Å². The van der Waals surface area contributed by atoms with E-state index in [2.05, 4.69) is 5.32 Å². The Kier molecular flexibility index (Phi) is 9.14. The predicted molar refractivity (Wildman–Crippen MR) is 136 cm³/mol. The number of sulfonamides is 1. The molecule has 35 heavy (non-hydrogen) atoms. The number of carbonyl (C=O) groups is 1. The van der Waals surface area contributed by atoms with Gasteiger partial charge in [-0.2, -0.15) is 4.31 Å². The molecule has 0 aliphatic carbocycles. The lowest BCUT2D eigenvalue weighted by atomic mass is 10.1. The lowest BCUT2D eigenvalue weighted by Crippen LogP contribution is -2.42. The summed E-state index contributed by atoms with van der Waals surface area (Å²) in [7, 11) is -0.969. The number of halogens is 1. The predicted octanol–water partition coefficient (Wildman–Crippen LogP) is 4.47. The van der Waals surface area contributed by atoms with Crippen molar-refractivity contribution < 1.29 is 22.7 Å². The second-order valence-electron chi connectivity index (χ2n) is 7.93. The minimum absolute atomic E-state index is 0.00707. The quantitative estimate of drug-likeness (QED) is 0.406. The molecule has 0 saturated heterocycles. The van der Waals surface area contributed by atoms with Crippen LogP contribution in [0.3, 0.4) is 0 Å². The lowest BCUT2D eigenvalue weighted by molar-refractivity contribution is -0.121. The van der Waals surface area contributed by atoms with E-state index in [-0.39, 0.29) is 29.0 Å². The molecule has 0 aliphatic heterocycles. The first kappa shape index (κ1) is 26.5. The maximum absolute atomic E-state index is 13.5. The van der Waals surface area contributed by atoms with Crippen LogP contribution in [0.1, 0.15) is 24.1 Å². The van der Waals surface area contributed by atoms with Gasteiger partial charge in [0, 0.05) is 6.54 Å². The van der Waals surface area contributed by atoms with Gasteiger partial charge in [-0.05, 0) is 54.8 Å². The standard InChI is InChI=1S/C26H29ClN2O5S/c1-19(21-9-11-22(33-2)12-10-21)28-26(30)18-29(16-15-20-7-5-4-6-8-20)35(31,32)23-13-14-25(34-3)24(27)17-23/h4-14,17,19H,15-16,18H2,1-3H3,(H,28,30)/t19-/m1/s1. The third-order valence-corrected chi connectivity index (χ3v) is 7.70. The van der Waals surface area contributed by atoms with E-state index in [1.165, 1.54) is 29.6 Å². The van der Waals surface area contributed by atoms with Gasteiger partial charge in [-0.1, -0.05) is 54.1 Å². The van der Waals surface area contributed by atoms with Crippen LogP contribution >= 0.6 is 11.6 Å². The van der Waals surface area contributed by atoms with Crippen molar-refractivity contribution in [2.45, 2.75) is 24.3 Å². The fraction of sp³-hybridized carbons (Fsp3) is 0.269. The molecule has 0 spiro atoms. The molecule has 3 rings (SSSR count). The first-order valence-electron chi connectivity index (χ1n) is 11.1. The van der Waals surface area contributed by atoms with Gasteiger partial charge in [0.05, 0.1) is 36.7 Å². The minimum Gasteiger partial charge on any atom is -0.497 e. The number of amides is 1.